The maximum atomic E-state index is 14.1. The number of rotatable bonds is 8. The third-order valence-electron chi connectivity index (χ3n) is 7.38. The summed E-state index contributed by atoms with van der Waals surface area (Å²) in [7, 11) is 3.07. The molecule has 43 heavy (non-hydrogen) atoms. The van der Waals surface area contributed by atoms with Gasteiger partial charge in [0.2, 0.25) is 0 Å². The molecule has 0 radical (unpaired) electrons. The van der Waals surface area contributed by atoms with Crippen LogP contribution in [0.25, 0.3) is 11.8 Å². The molecular weight excluding hydrogens is 570 g/mol. The van der Waals surface area contributed by atoms with Crippen LogP contribution < -0.4 is 24.4 Å². The summed E-state index contributed by atoms with van der Waals surface area (Å²) >= 11 is 1.23. The summed E-state index contributed by atoms with van der Waals surface area (Å²) in [6, 6.07) is 13.0. The zero-order valence-corrected chi connectivity index (χ0v) is 25.4. The number of ether oxygens (including phenoxy) is 3. The number of hydrogen-bond donors (Lipinski definition) is 1. The molecule has 222 valence electrons. The molecule has 0 saturated heterocycles. The second kappa shape index (κ2) is 11.8. The van der Waals surface area contributed by atoms with Gasteiger partial charge in [-0.05, 0) is 87.9 Å². The lowest BCUT2D eigenvalue weighted by atomic mass is 9.94. The summed E-state index contributed by atoms with van der Waals surface area (Å²) in [4.78, 5) is 43.8. The van der Waals surface area contributed by atoms with Crippen molar-refractivity contribution < 1.29 is 28.9 Å². The van der Waals surface area contributed by atoms with Gasteiger partial charge in [0.1, 0.15) is 17.5 Å². The van der Waals surface area contributed by atoms with E-state index in [0.29, 0.717) is 32.1 Å². The Kier molecular flexibility index (Phi) is 8.10. The molecule has 0 fully saturated rings. The second-order valence-electron chi connectivity index (χ2n) is 9.92. The van der Waals surface area contributed by atoms with Crippen LogP contribution in [0.4, 0.5) is 0 Å². The normalized spacial score (nSPS) is 14.7. The second-order valence-corrected chi connectivity index (χ2v) is 10.9. The Morgan fingerprint density at radius 2 is 1.77 bits per heavy atom. The largest absolute Gasteiger partial charge is 0.497 e. The number of aromatic carboxylic acids is 1. The number of carbonyl (C=O) groups excluding carboxylic acids is 1. The lowest BCUT2D eigenvalue weighted by molar-refractivity contribution is -0.139. The number of carbonyl (C=O) groups is 2. The minimum Gasteiger partial charge on any atom is -0.497 e. The van der Waals surface area contributed by atoms with Gasteiger partial charge < -0.3 is 23.9 Å². The molecule has 10 nitrogen and oxygen atoms in total. The van der Waals surface area contributed by atoms with Crippen molar-refractivity contribution in [2.75, 3.05) is 20.8 Å². The summed E-state index contributed by atoms with van der Waals surface area (Å²) in [6.07, 6.45) is 1.82. The highest BCUT2D eigenvalue weighted by atomic mass is 32.1. The van der Waals surface area contributed by atoms with E-state index in [0.717, 1.165) is 22.6 Å². The van der Waals surface area contributed by atoms with Gasteiger partial charge in [0.25, 0.3) is 5.56 Å². The number of aryl methyl sites for hydroxylation is 1. The Labute approximate surface area is 251 Å². The van der Waals surface area contributed by atoms with Crippen LogP contribution in [0.2, 0.25) is 0 Å². The minimum absolute atomic E-state index is 0.163. The van der Waals surface area contributed by atoms with Crippen molar-refractivity contribution in [3.63, 3.8) is 0 Å². The highest BCUT2D eigenvalue weighted by Crippen LogP contribution is 2.37. The number of thiazole rings is 1. The Balaban J connectivity index is 1.70. The quantitative estimate of drug-likeness (QED) is 0.304. The van der Waals surface area contributed by atoms with Crippen LogP contribution in [0.5, 0.6) is 11.5 Å². The summed E-state index contributed by atoms with van der Waals surface area (Å²) < 4.78 is 20.5. The fraction of sp³-hybridized carbons (Fsp3) is 0.250. The topological polar surface area (TPSA) is 121 Å². The van der Waals surface area contributed by atoms with Crippen LogP contribution in [-0.4, -0.2) is 47.0 Å². The van der Waals surface area contributed by atoms with Crippen molar-refractivity contribution in [2.24, 2.45) is 4.99 Å². The number of nitrogens with zero attached hydrogens (tertiary/aromatic N) is 3. The molecule has 5 rings (SSSR count). The van der Waals surface area contributed by atoms with Crippen molar-refractivity contribution in [2.45, 2.75) is 33.7 Å². The van der Waals surface area contributed by atoms with E-state index in [-0.39, 0.29) is 23.3 Å². The molecule has 0 saturated carbocycles. The van der Waals surface area contributed by atoms with Crippen LogP contribution >= 0.6 is 11.3 Å². The van der Waals surface area contributed by atoms with E-state index in [1.54, 1.807) is 63.4 Å². The summed E-state index contributed by atoms with van der Waals surface area (Å²) in [6.45, 7) is 7.50. The SMILES string of the molecule is CCOC(=O)C1=C(C)N=c2sc(=Cc3cc(C)n(-c4ccc(C(=O)O)cc4)c3C)c(=O)n2[C@@H]1c1cc(OC)ccc1OC. The molecule has 0 amide bonds. The maximum Gasteiger partial charge on any atom is 0.338 e. The van der Waals surface area contributed by atoms with Crippen molar-refractivity contribution >= 4 is 29.4 Å². The van der Waals surface area contributed by atoms with Crippen molar-refractivity contribution in [1.29, 1.82) is 0 Å². The van der Waals surface area contributed by atoms with Crippen LogP contribution in [0.3, 0.4) is 0 Å². The molecule has 1 aliphatic rings. The molecule has 3 heterocycles. The number of benzene rings is 2. The first kappa shape index (κ1) is 29.6. The lowest BCUT2D eigenvalue weighted by Crippen LogP contribution is -2.40. The molecule has 4 aromatic rings. The predicted molar refractivity (Wildman–Crippen MR) is 162 cm³/mol. The minimum atomic E-state index is -0.991. The van der Waals surface area contributed by atoms with E-state index < -0.39 is 18.0 Å². The number of allylic oxidation sites excluding steroid dienone is 1. The third-order valence-corrected chi connectivity index (χ3v) is 8.36. The summed E-state index contributed by atoms with van der Waals surface area (Å²) in [5.41, 5.74) is 4.56. The Morgan fingerprint density at radius 1 is 1.05 bits per heavy atom. The fourth-order valence-corrected chi connectivity index (χ4v) is 6.40. The number of hydrogen-bond acceptors (Lipinski definition) is 8. The molecule has 0 aliphatic carbocycles. The van der Waals surface area contributed by atoms with Gasteiger partial charge in [-0.3, -0.25) is 9.36 Å². The standard InChI is InChI=1S/C32H31N3O7S/c1-7-42-31(39)27-18(3)33-32-35(28(27)24-16-23(40-5)12-13-25(24)41-6)29(36)26(43-32)15-21-14-17(2)34(19(21)4)22-10-8-20(9-11-22)30(37)38/h8-16,28H,7H2,1-6H3,(H,37,38)/t28-/m1/s1. The summed E-state index contributed by atoms with van der Waals surface area (Å²) in [5.74, 6) is -0.533. The molecule has 1 N–H and O–H groups in total. The third kappa shape index (κ3) is 5.27. The molecular formula is C32H31N3O7S. The first-order valence-electron chi connectivity index (χ1n) is 13.5. The molecule has 11 heteroatoms. The lowest BCUT2D eigenvalue weighted by Gasteiger charge is -2.26. The first-order chi connectivity index (χ1) is 20.6. The Morgan fingerprint density at radius 3 is 2.40 bits per heavy atom. The molecule has 0 unspecified atom stereocenters. The van der Waals surface area contributed by atoms with Crippen molar-refractivity contribution in [3.8, 4) is 17.2 Å². The van der Waals surface area contributed by atoms with Crippen LogP contribution in [0.15, 0.2) is 69.6 Å². The molecule has 0 bridgehead atoms. The van der Waals surface area contributed by atoms with Gasteiger partial charge in [0.05, 0.1) is 42.2 Å². The highest BCUT2D eigenvalue weighted by Gasteiger charge is 2.35. The number of aromatic nitrogens is 2. The van der Waals surface area contributed by atoms with E-state index in [4.69, 9.17) is 14.2 Å². The molecule has 0 spiro atoms. The van der Waals surface area contributed by atoms with Gasteiger partial charge in [-0.15, -0.1) is 0 Å². The van der Waals surface area contributed by atoms with Crippen LogP contribution in [-0.2, 0) is 9.53 Å². The molecule has 2 aromatic carbocycles. The van der Waals surface area contributed by atoms with E-state index in [1.165, 1.54) is 23.0 Å². The number of fused-ring (bicyclic) bond motifs is 1. The molecule has 1 atom stereocenters. The molecule has 1 aliphatic heterocycles. The first-order valence-corrected chi connectivity index (χ1v) is 14.4. The van der Waals surface area contributed by atoms with Crippen molar-refractivity contribution in [3.05, 3.63) is 108 Å². The Hall–Kier alpha value is -4.90. The van der Waals surface area contributed by atoms with Gasteiger partial charge >= 0.3 is 11.9 Å². The van der Waals surface area contributed by atoms with Crippen LogP contribution in [0, 0.1) is 13.8 Å². The zero-order chi connectivity index (χ0) is 31.0. The smallest absolute Gasteiger partial charge is 0.338 e. The van der Waals surface area contributed by atoms with Crippen molar-refractivity contribution in [1.82, 2.24) is 9.13 Å². The van der Waals surface area contributed by atoms with Gasteiger partial charge in [-0.25, -0.2) is 14.6 Å². The van der Waals surface area contributed by atoms with Gasteiger partial charge in [0, 0.05) is 22.6 Å². The average molecular weight is 602 g/mol. The fourth-order valence-electron chi connectivity index (χ4n) is 5.36. The average Bonchev–Trinajstić information content (AvgIpc) is 3.45. The monoisotopic (exact) mass is 601 g/mol. The Bertz CT molecular complexity index is 1960. The van der Waals surface area contributed by atoms with E-state index >= 15 is 0 Å². The van der Waals surface area contributed by atoms with Crippen LogP contribution in [0.1, 0.15) is 52.8 Å². The van der Waals surface area contributed by atoms with Gasteiger partial charge in [-0.1, -0.05) is 11.3 Å². The highest BCUT2D eigenvalue weighted by molar-refractivity contribution is 7.07. The van der Waals surface area contributed by atoms with E-state index in [9.17, 15) is 19.5 Å². The predicted octanol–water partition coefficient (Wildman–Crippen LogP) is 3.92. The number of methoxy groups -OCH3 is 2. The van der Waals surface area contributed by atoms with Gasteiger partial charge in [-0.2, -0.15) is 0 Å². The number of carboxylic acid groups (broad SMARTS) is 1. The number of esters is 1. The van der Waals surface area contributed by atoms with E-state index in [2.05, 4.69) is 4.99 Å². The van der Waals surface area contributed by atoms with E-state index in [1.807, 2.05) is 30.6 Å². The van der Waals surface area contributed by atoms with Gasteiger partial charge in [0.15, 0.2) is 4.80 Å². The number of carboxylic acids is 1. The maximum absolute atomic E-state index is 14.1. The zero-order valence-electron chi connectivity index (χ0n) is 24.6. The summed E-state index contributed by atoms with van der Waals surface area (Å²) in [5, 5.41) is 9.26. The molecule has 2 aromatic heterocycles.